The number of carbonyl (C=O) groups excluding carboxylic acids is 1. The SMILES string of the molecule is [B]c1cc(OCCN2CCNCC2)ccc1-c1ccc(CC(=O)NCc2nccc(F)n2)cn1. The first kappa shape index (κ1) is 23.8. The van der Waals surface area contributed by atoms with Gasteiger partial charge >= 0.3 is 0 Å². The highest BCUT2D eigenvalue weighted by atomic mass is 19.1. The number of benzene rings is 1. The van der Waals surface area contributed by atoms with Crippen molar-refractivity contribution < 1.29 is 13.9 Å². The molecule has 1 saturated heterocycles. The molecule has 0 bridgehead atoms. The van der Waals surface area contributed by atoms with Crippen molar-refractivity contribution in [3.05, 3.63) is 66.1 Å². The van der Waals surface area contributed by atoms with Crippen molar-refractivity contribution in [2.45, 2.75) is 13.0 Å². The van der Waals surface area contributed by atoms with Gasteiger partial charge in [0.1, 0.15) is 20.2 Å². The lowest BCUT2D eigenvalue weighted by Gasteiger charge is -2.26. The number of ether oxygens (including phenoxy) is 1. The van der Waals surface area contributed by atoms with Crippen LogP contribution in [0.4, 0.5) is 4.39 Å². The normalized spacial score (nSPS) is 14.0. The molecule has 0 unspecified atom stereocenters. The van der Waals surface area contributed by atoms with Gasteiger partial charge in [-0.25, -0.2) is 9.97 Å². The van der Waals surface area contributed by atoms with Crippen LogP contribution in [0.3, 0.4) is 0 Å². The summed E-state index contributed by atoms with van der Waals surface area (Å²) in [5.41, 5.74) is 2.83. The van der Waals surface area contributed by atoms with E-state index in [-0.39, 0.29) is 24.7 Å². The molecule has 4 rings (SSSR count). The Labute approximate surface area is 199 Å². The Morgan fingerprint density at radius 2 is 2.03 bits per heavy atom. The van der Waals surface area contributed by atoms with Crippen LogP contribution in [0.15, 0.2) is 48.8 Å². The fraction of sp³-hybridized carbons (Fsp3) is 0.333. The van der Waals surface area contributed by atoms with Crippen molar-refractivity contribution in [3.8, 4) is 17.0 Å². The second-order valence-electron chi connectivity index (χ2n) is 7.99. The van der Waals surface area contributed by atoms with E-state index in [9.17, 15) is 9.18 Å². The molecule has 0 saturated carbocycles. The lowest BCUT2D eigenvalue weighted by Crippen LogP contribution is -2.44. The highest BCUT2D eigenvalue weighted by molar-refractivity contribution is 6.36. The van der Waals surface area contributed by atoms with E-state index in [1.54, 1.807) is 6.20 Å². The van der Waals surface area contributed by atoms with E-state index in [1.807, 2.05) is 30.3 Å². The Hall–Kier alpha value is -3.37. The summed E-state index contributed by atoms with van der Waals surface area (Å²) in [5.74, 6) is 0.0813. The molecule has 8 nitrogen and oxygen atoms in total. The monoisotopic (exact) mass is 460 g/mol. The highest BCUT2D eigenvalue weighted by Gasteiger charge is 2.10. The zero-order chi connectivity index (χ0) is 23.8. The molecule has 2 N–H and O–H groups in total. The van der Waals surface area contributed by atoms with Crippen LogP contribution >= 0.6 is 0 Å². The van der Waals surface area contributed by atoms with Gasteiger partial charge in [-0.15, -0.1) is 0 Å². The summed E-state index contributed by atoms with van der Waals surface area (Å²) >= 11 is 0. The highest BCUT2D eigenvalue weighted by Crippen LogP contribution is 2.19. The Kier molecular flexibility index (Phi) is 8.16. The van der Waals surface area contributed by atoms with Crippen molar-refractivity contribution in [1.29, 1.82) is 0 Å². The molecule has 2 aromatic heterocycles. The predicted molar refractivity (Wildman–Crippen MR) is 127 cm³/mol. The van der Waals surface area contributed by atoms with Gasteiger partial charge in [0.15, 0.2) is 5.82 Å². The second-order valence-corrected chi connectivity index (χ2v) is 7.99. The number of halogens is 1. The summed E-state index contributed by atoms with van der Waals surface area (Å²) in [6.45, 7) is 5.66. The Balaban J connectivity index is 1.28. The number of pyridine rings is 1. The molecule has 3 heterocycles. The molecule has 0 atom stereocenters. The Morgan fingerprint density at radius 3 is 2.76 bits per heavy atom. The number of rotatable bonds is 9. The van der Waals surface area contributed by atoms with Gasteiger partial charge in [-0.05, 0) is 35.4 Å². The van der Waals surface area contributed by atoms with Crippen LogP contribution in [0.5, 0.6) is 5.75 Å². The van der Waals surface area contributed by atoms with Crippen molar-refractivity contribution in [2.75, 3.05) is 39.3 Å². The first-order chi connectivity index (χ1) is 16.6. The topological polar surface area (TPSA) is 92.3 Å². The summed E-state index contributed by atoms with van der Waals surface area (Å²) in [6.07, 6.45) is 3.09. The quantitative estimate of drug-likeness (QED) is 0.357. The number of piperazine rings is 1. The third-order valence-electron chi connectivity index (χ3n) is 5.49. The largest absolute Gasteiger partial charge is 0.492 e. The molecule has 0 spiro atoms. The lowest BCUT2D eigenvalue weighted by atomic mass is 9.88. The minimum atomic E-state index is -0.631. The number of aromatic nitrogens is 3. The smallest absolute Gasteiger partial charge is 0.224 e. The van der Waals surface area contributed by atoms with Gasteiger partial charge in [0.05, 0.1) is 18.7 Å². The molecular weight excluding hydrogens is 434 g/mol. The molecule has 0 aliphatic carbocycles. The number of amides is 1. The molecule has 34 heavy (non-hydrogen) atoms. The second kappa shape index (κ2) is 11.7. The summed E-state index contributed by atoms with van der Waals surface area (Å²) in [4.78, 5) is 26.5. The van der Waals surface area contributed by atoms with E-state index in [4.69, 9.17) is 12.6 Å². The van der Waals surface area contributed by atoms with E-state index in [1.165, 1.54) is 6.20 Å². The van der Waals surface area contributed by atoms with Gasteiger partial charge in [-0.1, -0.05) is 11.5 Å². The van der Waals surface area contributed by atoms with E-state index in [0.29, 0.717) is 17.8 Å². The first-order valence-electron chi connectivity index (χ1n) is 11.2. The maximum absolute atomic E-state index is 13.1. The van der Waals surface area contributed by atoms with Crippen LogP contribution in [0, 0.1) is 5.95 Å². The molecule has 1 aliphatic rings. The van der Waals surface area contributed by atoms with Crippen molar-refractivity contribution in [2.24, 2.45) is 0 Å². The number of hydrogen-bond acceptors (Lipinski definition) is 7. The molecule has 10 heteroatoms. The number of hydrogen-bond donors (Lipinski definition) is 2. The molecule has 1 amide bonds. The van der Waals surface area contributed by atoms with Crippen molar-refractivity contribution in [3.63, 3.8) is 0 Å². The fourth-order valence-corrected chi connectivity index (χ4v) is 3.66. The molecule has 1 aromatic carbocycles. The van der Waals surface area contributed by atoms with Crippen LogP contribution in [0.2, 0.25) is 0 Å². The van der Waals surface area contributed by atoms with Gasteiger partial charge in [0, 0.05) is 51.2 Å². The van der Waals surface area contributed by atoms with Gasteiger partial charge in [-0.2, -0.15) is 4.39 Å². The lowest BCUT2D eigenvalue weighted by molar-refractivity contribution is -0.120. The predicted octanol–water partition coefficient (Wildman–Crippen LogP) is 0.614. The van der Waals surface area contributed by atoms with Crippen LogP contribution < -0.4 is 20.8 Å². The van der Waals surface area contributed by atoms with Crippen molar-refractivity contribution in [1.82, 2.24) is 30.5 Å². The van der Waals surface area contributed by atoms with Crippen LogP contribution in [0.1, 0.15) is 11.4 Å². The number of carbonyl (C=O) groups is 1. The zero-order valence-electron chi connectivity index (χ0n) is 18.8. The molecule has 3 aromatic rings. The molecular formula is C24H26BFN6O2. The van der Waals surface area contributed by atoms with Crippen LogP contribution in [-0.4, -0.2) is 72.9 Å². The molecule has 1 aliphatic heterocycles. The number of nitrogens with zero attached hydrogens (tertiary/aromatic N) is 4. The first-order valence-corrected chi connectivity index (χ1v) is 11.2. The third-order valence-corrected chi connectivity index (χ3v) is 5.49. The molecule has 174 valence electrons. The van der Waals surface area contributed by atoms with Gasteiger partial charge in [0.25, 0.3) is 0 Å². The van der Waals surface area contributed by atoms with Gasteiger partial charge in [0.2, 0.25) is 11.9 Å². The maximum atomic E-state index is 13.1. The zero-order valence-corrected chi connectivity index (χ0v) is 18.8. The van der Waals surface area contributed by atoms with E-state index >= 15 is 0 Å². The minimum Gasteiger partial charge on any atom is -0.492 e. The Morgan fingerprint density at radius 1 is 1.18 bits per heavy atom. The Bertz CT molecular complexity index is 1110. The van der Waals surface area contributed by atoms with E-state index < -0.39 is 5.95 Å². The van der Waals surface area contributed by atoms with Gasteiger partial charge in [-0.3, -0.25) is 14.7 Å². The third kappa shape index (κ3) is 6.82. The fourth-order valence-electron chi connectivity index (χ4n) is 3.66. The van der Waals surface area contributed by atoms with Crippen molar-refractivity contribution >= 4 is 19.2 Å². The average molecular weight is 460 g/mol. The van der Waals surface area contributed by atoms with E-state index in [0.717, 1.165) is 55.7 Å². The van der Waals surface area contributed by atoms with Crippen LogP contribution in [0.25, 0.3) is 11.3 Å². The van der Waals surface area contributed by atoms with Gasteiger partial charge < -0.3 is 15.4 Å². The standard InChI is InChI=1S/C24H26BFN6O2/c25-20-14-18(34-12-11-32-9-7-27-8-10-32)2-3-19(20)21-4-1-17(15-29-21)13-24(33)30-16-23-28-6-5-22(26)31-23/h1-6,14-15,27H,7-13,16H2,(H,30,33). The maximum Gasteiger partial charge on any atom is 0.224 e. The summed E-state index contributed by atoms with van der Waals surface area (Å²) < 4.78 is 19.0. The average Bonchev–Trinajstić information content (AvgIpc) is 2.84. The van der Waals surface area contributed by atoms with Crippen LogP contribution in [-0.2, 0) is 17.8 Å². The number of nitrogens with one attached hydrogen (secondary N) is 2. The molecule has 1 fully saturated rings. The minimum absolute atomic E-state index is 0.0578. The molecule has 2 radical (unpaired) electrons. The summed E-state index contributed by atoms with van der Waals surface area (Å²) in [6, 6.07) is 10.4. The summed E-state index contributed by atoms with van der Waals surface area (Å²) in [7, 11) is 6.25. The van der Waals surface area contributed by atoms with E-state index in [2.05, 4.69) is 30.5 Å². The summed E-state index contributed by atoms with van der Waals surface area (Å²) in [5, 5.41) is 6.01.